The Balaban J connectivity index is 1.42. The molecule has 1 amide bonds. The number of aromatic nitrogens is 2. The van der Waals surface area contributed by atoms with Gasteiger partial charge in [0, 0.05) is 32.6 Å². The molecule has 2 N–H and O–H groups in total. The van der Waals surface area contributed by atoms with Crippen LogP contribution in [-0.4, -0.2) is 66.8 Å². The van der Waals surface area contributed by atoms with Crippen LogP contribution in [0.25, 0.3) is 11.0 Å². The number of rotatable bonds is 8. The summed E-state index contributed by atoms with van der Waals surface area (Å²) >= 11 is 0. The van der Waals surface area contributed by atoms with Crippen molar-refractivity contribution in [1.29, 1.82) is 0 Å². The molecule has 1 aliphatic rings. The summed E-state index contributed by atoms with van der Waals surface area (Å²) < 4.78 is 32.5. The number of H-pyrrole nitrogens is 1. The van der Waals surface area contributed by atoms with E-state index in [0.717, 1.165) is 11.0 Å². The standard InChI is InChI=1S/C17H24N4O5S/c22-16(6-13-27(24,25)20-9-11-26-12-10-20)18-7-3-8-21-15-5-2-1-4-14(15)19-17(21)23/h1-2,4-5H,3,6-13H2,(H,18,22)(H,19,23). The number of carbonyl (C=O) groups is 1. The molecule has 2 aromatic rings. The zero-order valence-electron chi connectivity index (χ0n) is 15.0. The average Bonchev–Trinajstić information content (AvgIpc) is 2.99. The van der Waals surface area contributed by atoms with Gasteiger partial charge in [-0.2, -0.15) is 4.31 Å². The van der Waals surface area contributed by atoms with Gasteiger partial charge in [0.1, 0.15) is 0 Å². The Morgan fingerprint density at radius 1 is 1.22 bits per heavy atom. The molecule has 0 atom stereocenters. The van der Waals surface area contributed by atoms with Crippen LogP contribution in [0.2, 0.25) is 0 Å². The monoisotopic (exact) mass is 396 g/mol. The maximum atomic E-state index is 12.2. The van der Waals surface area contributed by atoms with E-state index in [4.69, 9.17) is 4.74 Å². The van der Waals surface area contributed by atoms with E-state index in [9.17, 15) is 18.0 Å². The second kappa shape index (κ2) is 8.68. The van der Waals surface area contributed by atoms with Gasteiger partial charge in [-0.15, -0.1) is 0 Å². The molecule has 0 bridgehead atoms. The van der Waals surface area contributed by atoms with Crippen molar-refractivity contribution in [3.63, 3.8) is 0 Å². The van der Waals surface area contributed by atoms with Gasteiger partial charge in [-0.3, -0.25) is 9.36 Å². The summed E-state index contributed by atoms with van der Waals surface area (Å²) in [6.45, 7) is 2.29. The Morgan fingerprint density at radius 3 is 2.74 bits per heavy atom. The summed E-state index contributed by atoms with van der Waals surface area (Å²) in [4.78, 5) is 26.7. The van der Waals surface area contributed by atoms with Gasteiger partial charge in [-0.1, -0.05) is 12.1 Å². The lowest BCUT2D eigenvalue weighted by Gasteiger charge is -2.25. The van der Waals surface area contributed by atoms with Crippen molar-refractivity contribution in [3.8, 4) is 0 Å². The SMILES string of the molecule is O=C(CCS(=O)(=O)N1CCOCC1)NCCCn1c(=O)[nH]c2ccccc21. The van der Waals surface area contributed by atoms with Crippen molar-refractivity contribution in [3.05, 3.63) is 34.7 Å². The first kappa shape index (κ1) is 19.6. The molecule has 27 heavy (non-hydrogen) atoms. The van der Waals surface area contributed by atoms with E-state index >= 15 is 0 Å². The number of amides is 1. The fraction of sp³-hybridized carbons (Fsp3) is 0.529. The van der Waals surface area contributed by atoms with Gasteiger partial charge < -0.3 is 15.0 Å². The topological polar surface area (TPSA) is 114 Å². The number of ether oxygens (including phenoxy) is 1. The van der Waals surface area contributed by atoms with Gasteiger partial charge in [-0.25, -0.2) is 13.2 Å². The predicted molar refractivity (Wildman–Crippen MR) is 101 cm³/mol. The van der Waals surface area contributed by atoms with E-state index in [1.165, 1.54) is 4.31 Å². The van der Waals surface area contributed by atoms with Gasteiger partial charge in [0.15, 0.2) is 0 Å². The lowest BCUT2D eigenvalue weighted by molar-refractivity contribution is -0.120. The molecule has 1 aromatic carbocycles. The average molecular weight is 396 g/mol. The molecule has 0 spiro atoms. The number of nitrogens with one attached hydrogen (secondary N) is 2. The number of hydrogen-bond donors (Lipinski definition) is 2. The summed E-state index contributed by atoms with van der Waals surface area (Å²) in [6, 6.07) is 7.42. The van der Waals surface area contributed by atoms with E-state index < -0.39 is 10.0 Å². The van der Waals surface area contributed by atoms with Crippen molar-refractivity contribution in [2.24, 2.45) is 0 Å². The van der Waals surface area contributed by atoms with E-state index in [1.807, 2.05) is 24.3 Å². The summed E-state index contributed by atoms with van der Waals surface area (Å²) in [7, 11) is -3.43. The zero-order valence-corrected chi connectivity index (χ0v) is 15.8. The third kappa shape index (κ3) is 4.96. The van der Waals surface area contributed by atoms with Gasteiger partial charge >= 0.3 is 5.69 Å². The highest BCUT2D eigenvalue weighted by molar-refractivity contribution is 7.89. The Hall–Kier alpha value is -2.17. The highest BCUT2D eigenvalue weighted by Crippen LogP contribution is 2.09. The molecule has 0 aliphatic carbocycles. The quantitative estimate of drug-likeness (QED) is 0.605. The van der Waals surface area contributed by atoms with E-state index in [0.29, 0.717) is 45.8 Å². The predicted octanol–water partition coefficient (Wildman–Crippen LogP) is -0.112. The van der Waals surface area contributed by atoms with Crippen LogP contribution >= 0.6 is 0 Å². The van der Waals surface area contributed by atoms with E-state index in [1.54, 1.807) is 4.57 Å². The number of benzene rings is 1. The highest BCUT2D eigenvalue weighted by atomic mass is 32.2. The minimum atomic E-state index is -3.43. The minimum absolute atomic E-state index is 0.0767. The van der Waals surface area contributed by atoms with Crippen LogP contribution in [0.15, 0.2) is 29.1 Å². The number of morpholine rings is 1. The van der Waals surface area contributed by atoms with Crippen LogP contribution < -0.4 is 11.0 Å². The van der Waals surface area contributed by atoms with Gasteiger partial charge in [0.05, 0.1) is 30.0 Å². The maximum absolute atomic E-state index is 12.2. The number of imidazole rings is 1. The molecule has 1 saturated heterocycles. The van der Waals surface area contributed by atoms with Crippen molar-refractivity contribution < 1.29 is 17.9 Å². The molecule has 2 heterocycles. The summed E-state index contributed by atoms with van der Waals surface area (Å²) in [5.74, 6) is -0.515. The number of fused-ring (bicyclic) bond motifs is 1. The number of carbonyl (C=O) groups excluding carboxylic acids is 1. The molecule has 0 unspecified atom stereocenters. The van der Waals surface area contributed by atoms with Gasteiger partial charge in [0.25, 0.3) is 0 Å². The summed E-state index contributed by atoms with van der Waals surface area (Å²) in [6.07, 6.45) is 0.496. The zero-order chi connectivity index (χ0) is 19.3. The van der Waals surface area contributed by atoms with Crippen molar-refractivity contribution in [1.82, 2.24) is 19.2 Å². The van der Waals surface area contributed by atoms with Crippen LogP contribution in [0.3, 0.4) is 0 Å². The lowest BCUT2D eigenvalue weighted by atomic mass is 10.3. The second-order valence-corrected chi connectivity index (χ2v) is 8.47. The largest absolute Gasteiger partial charge is 0.379 e. The number of para-hydroxylation sites is 2. The number of aromatic amines is 1. The Morgan fingerprint density at radius 2 is 1.96 bits per heavy atom. The number of nitrogens with zero attached hydrogens (tertiary/aromatic N) is 2. The van der Waals surface area contributed by atoms with Crippen LogP contribution in [0.4, 0.5) is 0 Å². The van der Waals surface area contributed by atoms with Crippen molar-refractivity contribution in [2.75, 3.05) is 38.6 Å². The molecule has 10 heteroatoms. The third-order valence-electron chi connectivity index (χ3n) is 4.51. The maximum Gasteiger partial charge on any atom is 0.326 e. The van der Waals surface area contributed by atoms with Crippen LogP contribution in [0.5, 0.6) is 0 Å². The molecule has 148 valence electrons. The summed E-state index contributed by atoms with van der Waals surface area (Å²) in [5.41, 5.74) is 1.42. The van der Waals surface area contributed by atoms with Crippen LogP contribution in [0, 0.1) is 0 Å². The first-order valence-corrected chi connectivity index (χ1v) is 10.6. The minimum Gasteiger partial charge on any atom is -0.379 e. The molecule has 9 nitrogen and oxygen atoms in total. The van der Waals surface area contributed by atoms with E-state index in [2.05, 4.69) is 10.3 Å². The number of hydrogen-bond acceptors (Lipinski definition) is 5. The third-order valence-corrected chi connectivity index (χ3v) is 6.38. The number of sulfonamides is 1. The second-order valence-electron chi connectivity index (χ2n) is 6.38. The number of aryl methyl sites for hydroxylation is 1. The molecule has 1 fully saturated rings. The smallest absolute Gasteiger partial charge is 0.326 e. The lowest BCUT2D eigenvalue weighted by Crippen LogP contribution is -2.42. The Bertz CT molecular complexity index is 944. The first-order chi connectivity index (χ1) is 13.0. The highest BCUT2D eigenvalue weighted by Gasteiger charge is 2.24. The van der Waals surface area contributed by atoms with Crippen molar-refractivity contribution in [2.45, 2.75) is 19.4 Å². The normalized spacial score (nSPS) is 15.9. The van der Waals surface area contributed by atoms with Gasteiger partial charge in [0.2, 0.25) is 15.9 Å². The van der Waals surface area contributed by atoms with Gasteiger partial charge in [-0.05, 0) is 18.6 Å². The Kier molecular flexibility index (Phi) is 6.30. The summed E-state index contributed by atoms with van der Waals surface area (Å²) in [5, 5.41) is 2.72. The molecule has 1 aromatic heterocycles. The first-order valence-electron chi connectivity index (χ1n) is 8.97. The Labute approximate surface area is 157 Å². The fourth-order valence-corrected chi connectivity index (χ4v) is 4.46. The molecule has 0 radical (unpaired) electrons. The van der Waals surface area contributed by atoms with E-state index in [-0.39, 0.29) is 23.8 Å². The fourth-order valence-electron chi connectivity index (χ4n) is 3.06. The molecular formula is C17H24N4O5S. The van der Waals surface area contributed by atoms with Crippen LogP contribution in [-0.2, 0) is 26.1 Å². The molecule has 1 aliphatic heterocycles. The molecule has 0 saturated carbocycles. The molecular weight excluding hydrogens is 372 g/mol. The van der Waals surface area contributed by atoms with Crippen LogP contribution in [0.1, 0.15) is 12.8 Å². The molecule has 3 rings (SSSR count). The van der Waals surface area contributed by atoms with Crippen molar-refractivity contribution >= 4 is 27.0 Å².